The molecule has 0 saturated heterocycles. The van der Waals surface area contributed by atoms with Gasteiger partial charge < -0.3 is 4.74 Å². The van der Waals surface area contributed by atoms with Gasteiger partial charge in [0.2, 0.25) is 5.88 Å². The molecule has 1 aromatic carbocycles. The van der Waals surface area contributed by atoms with E-state index in [1.807, 2.05) is 6.07 Å². The lowest BCUT2D eigenvalue weighted by Gasteiger charge is -2.02. The van der Waals surface area contributed by atoms with Gasteiger partial charge >= 0.3 is 0 Å². The molecule has 3 nitrogen and oxygen atoms in total. The third kappa shape index (κ3) is 2.32. The Labute approximate surface area is 87.6 Å². The average molecular weight is 195 g/mol. The smallest absolute Gasteiger partial charge is 0.219 e. The summed E-state index contributed by atoms with van der Waals surface area (Å²) in [6, 6.07) is 15.3. The minimum atomic E-state index is 0.472. The Hall–Kier alpha value is -2.34. The zero-order chi connectivity index (χ0) is 10.5. The summed E-state index contributed by atoms with van der Waals surface area (Å²) in [5.74, 6) is 1.17. The molecule has 0 fully saturated rings. The predicted molar refractivity (Wildman–Crippen MR) is 54.3 cm³/mol. The monoisotopic (exact) mass is 195 g/mol. The van der Waals surface area contributed by atoms with Crippen LogP contribution in [0.25, 0.3) is 0 Å². The fraction of sp³-hybridized carbons (Fsp3) is 0. The zero-order valence-electron chi connectivity index (χ0n) is 7.84. The third-order valence-electron chi connectivity index (χ3n) is 1.78. The summed E-state index contributed by atoms with van der Waals surface area (Å²) in [5, 5.41) is 8.58. The Morgan fingerprint density at radius 1 is 1.20 bits per heavy atom. The number of rotatable bonds is 2. The van der Waals surface area contributed by atoms with E-state index in [1.54, 1.807) is 36.4 Å². The van der Waals surface area contributed by atoms with E-state index >= 15 is 0 Å². The fourth-order valence-corrected chi connectivity index (χ4v) is 1.07. The standard InChI is InChI=1S/C12H7N2O/c13-8-10-6-7-12(14-9-10)15-11-4-2-1-3-5-11/h2-7,9H. The van der Waals surface area contributed by atoms with Gasteiger partial charge in [0.25, 0.3) is 0 Å². The van der Waals surface area contributed by atoms with E-state index in [9.17, 15) is 0 Å². The molecule has 3 heteroatoms. The van der Waals surface area contributed by atoms with Crippen molar-refractivity contribution in [2.24, 2.45) is 0 Å². The average Bonchev–Trinajstić information content (AvgIpc) is 2.31. The van der Waals surface area contributed by atoms with Crippen molar-refractivity contribution in [2.45, 2.75) is 0 Å². The van der Waals surface area contributed by atoms with Crippen LogP contribution in [0.2, 0.25) is 0 Å². The molecular weight excluding hydrogens is 188 g/mol. The van der Waals surface area contributed by atoms with Crippen LogP contribution < -0.4 is 4.74 Å². The first-order chi connectivity index (χ1) is 7.38. The van der Waals surface area contributed by atoms with E-state index in [0.29, 0.717) is 17.2 Å². The summed E-state index contributed by atoms with van der Waals surface area (Å²) < 4.78 is 5.44. The second-order valence-electron chi connectivity index (χ2n) is 2.83. The molecule has 0 aliphatic carbocycles. The summed E-state index contributed by atoms with van der Waals surface area (Å²) >= 11 is 0. The van der Waals surface area contributed by atoms with Crippen molar-refractivity contribution >= 4 is 0 Å². The highest BCUT2D eigenvalue weighted by Crippen LogP contribution is 2.17. The number of nitrogens with zero attached hydrogens (tertiary/aromatic N) is 2. The van der Waals surface area contributed by atoms with Crippen LogP contribution in [0.4, 0.5) is 0 Å². The SMILES string of the molecule is N#Cc1ccc(Oc2cc[c]cc2)nc1. The van der Waals surface area contributed by atoms with Crippen LogP contribution in [0.5, 0.6) is 11.6 Å². The molecule has 1 aromatic heterocycles. The lowest BCUT2D eigenvalue weighted by molar-refractivity contribution is 0.463. The largest absolute Gasteiger partial charge is 0.439 e. The highest BCUT2D eigenvalue weighted by molar-refractivity contribution is 5.31. The molecule has 15 heavy (non-hydrogen) atoms. The maximum atomic E-state index is 8.58. The van der Waals surface area contributed by atoms with Gasteiger partial charge in [-0.25, -0.2) is 4.98 Å². The Morgan fingerprint density at radius 3 is 2.60 bits per heavy atom. The molecule has 1 heterocycles. The Morgan fingerprint density at radius 2 is 2.00 bits per heavy atom. The lowest BCUT2D eigenvalue weighted by atomic mass is 10.3. The molecule has 0 N–H and O–H groups in total. The molecule has 0 atom stereocenters. The number of hydrogen-bond acceptors (Lipinski definition) is 3. The molecular formula is C12H7N2O. The molecule has 0 unspecified atom stereocenters. The van der Waals surface area contributed by atoms with Crippen LogP contribution in [-0.2, 0) is 0 Å². The lowest BCUT2D eigenvalue weighted by Crippen LogP contribution is -1.87. The van der Waals surface area contributed by atoms with Gasteiger partial charge in [0, 0.05) is 12.3 Å². The van der Waals surface area contributed by atoms with Crippen LogP contribution >= 0.6 is 0 Å². The first-order valence-electron chi connectivity index (χ1n) is 4.38. The summed E-state index contributed by atoms with van der Waals surface area (Å²) in [5.41, 5.74) is 0.517. The summed E-state index contributed by atoms with van der Waals surface area (Å²) in [6.07, 6.45) is 1.48. The summed E-state index contributed by atoms with van der Waals surface area (Å²) in [4.78, 5) is 3.99. The van der Waals surface area contributed by atoms with E-state index in [4.69, 9.17) is 10.00 Å². The highest BCUT2D eigenvalue weighted by Gasteiger charge is 1.97. The minimum absolute atomic E-state index is 0.472. The van der Waals surface area contributed by atoms with Crippen molar-refractivity contribution < 1.29 is 4.74 Å². The Bertz CT molecular complexity index is 471. The van der Waals surface area contributed by atoms with Gasteiger partial charge in [0.1, 0.15) is 11.8 Å². The molecule has 0 bridgehead atoms. The fourth-order valence-electron chi connectivity index (χ4n) is 1.07. The predicted octanol–water partition coefficient (Wildman–Crippen LogP) is 2.55. The molecule has 0 aliphatic heterocycles. The van der Waals surface area contributed by atoms with Gasteiger partial charge in [-0.1, -0.05) is 12.1 Å². The van der Waals surface area contributed by atoms with Crippen molar-refractivity contribution in [3.05, 3.63) is 54.2 Å². The molecule has 0 aliphatic rings. The highest BCUT2D eigenvalue weighted by atomic mass is 16.5. The summed E-state index contributed by atoms with van der Waals surface area (Å²) in [7, 11) is 0. The van der Waals surface area contributed by atoms with E-state index in [-0.39, 0.29) is 0 Å². The van der Waals surface area contributed by atoms with Crippen molar-refractivity contribution in [2.75, 3.05) is 0 Å². The number of aromatic nitrogens is 1. The van der Waals surface area contributed by atoms with Gasteiger partial charge in [0.15, 0.2) is 0 Å². The van der Waals surface area contributed by atoms with Crippen LogP contribution in [-0.4, -0.2) is 4.98 Å². The number of nitriles is 1. The maximum Gasteiger partial charge on any atom is 0.219 e. The quantitative estimate of drug-likeness (QED) is 0.739. The molecule has 0 amide bonds. The topological polar surface area (TPSA) is 45.9 Å². The molecule has 1 radical (unpaired) electrons. The van der Waals surface area contributed by atoms with Crippen molar-refractivity contribution in [3.8, 4) is 17.7 Å². The number of hydrogen-bond donors (Lipinski definition) is 0. The zero-order valence-corrected chi connectivity index (χ0v) is 7.84. The van der Waals surface area contributed by atoms with E-state index < -0.39 is 0 Å². The molecule has 2 aromatic rings. The Balaban J connectivity index is 2.16. The number of ether oxygens (including phenoxy) is 1. The molecule has 0 spiro atoms. The van der Waals surface area contributed by atoms with Crippen molar-refractivity contribution in [1.29, 1.82) is 5.26 Å². The molecule has 0 saturated carbocycles. The molecule has 71 valence electrons. The van der Waals surface area contributed by atoms with E-state index in [0.717, 1.165) is 0 Å². The van der Waals surface area contributed by atoms with E-state index in [2.05, 4.69) is 11.1 Å². The normalized spacial score (nSPS) is 9.27. The van der Waals surface area contributed by atoms with Crippen LogP contribution in [0.3, 0.4) is 0 Å². The van der Waals surface area contributed by atoms with Gasteiger partial charge in [0.05, 0.1) is 5.56 Å². The number of benzene rings is 1. The number of pyridine rings is 1. The summed E-state index contributed by atoms with van der Waals surface area (Å²) in [6.45, 7) is 0. The van der Waals surface area contributed by atoms with Gasteiger partial charge in [-0.15, -0.1) is 0 Å². The van der Waals surface area contributed by atoms with E-state index in [1.165, 1.54) is 6.20 Å². The second-order valence-corrected chi connectivity index (χ2v) is 2.83. The first kappa shape index (κ1) is 9.22. The van der Waals surface area contributed by atoms with Gasteiger partial charge in [-0.2, -0.15) is 5.26 Å². The minimum Gasteiger partial charge on any atom is -0.439 e. The second kappa shape index (κ2) is 4.25. The molecule has 2 rings (SSSR count). The van der Waals surface area contributed by atoms with Crippen LogP contribution in [0.15, 0.2) is 42.6 Å². The Kier molecular flexibility index (Phi) is 2.61. The third-order valence-corrected chi connectivity index (χ3v) is 1.78. The first-order valence-corrected chi connectivity index (χ1v) is 4.38. The van der Waals surface area contributed by atoms with Crippen molar-refractivity contribution in [1.82, 2.24) is 4.98 Å². The van der Waals surface area contributed by atoms with Crippen molar-refractivity contribution in [3.63, 3.8) is 0 Å². The van der Waals surface area contributed by atoms with Crippen LogP contribution in [0, 0.1) is 17.4 Å². The van der Waals surface area contributed by atoms with Gasteiger partial charge in [-0.05, 0) is 24.3 Å². The van der Waals surface area contributed by atoms with Crippen LogP contribution in [0.1, 0.15) is 5.56 Å². The maximum absolute atomic E-state index is 8.58. The van der Waals surface area contributed by atoms with Gasteiger partial charge in [-0.3, -0.25) is 0 Å².